The Labute approximate surface area is 185 Å². The molecule has 0 radical (unpaired) electrons. The van der Waals surface area contributed by atoms with Gasteiger partial charge in [-0.3, -0.25) is 0 Å². The van der Waals surface area contributed by atoms with Gasteiger partial charge in [-0.2, -0.15) is 0 Å². The van der Waals surface area contributed by atoms with E-state index in [4.69, 9.17) is 14.0 Å². The molecule has 0 aliphatic heterocycles. The molecule has 3 rings (SSSR count). The van der Waals surface area contributed by atoms with E-state index in [-0.39, 0.29) is 24.8 Å². The van der Waals surface area contributed by atoms with E-state index < -0.39 is 0 Å². The van der Waals surface area contributed by atoms with E-state index in [1.165, 1.54) is 25.7 Å². The minimum absolute atomic E-state index is 0.147. The number of hydrogen-bond donors (Lipinski definition) is 0. The highest BCUT2D eigenvalue weighted by atomic mass is 16.6. The van der Waals surface area contributed by atoms with E-state index in [0.29, 0.717) is 5.76 Å². The van der Waals surface area contributed by atoms with Crippen LogP contribution in [0.5, 0.6) is 5.75 Å². The Morgan fingerprint density at radius 1 is 1.23 bits per heavy atom. The van der Waals surface area contributed by atoms with Crippen molar-refractivity contribution in [1.29, 1.82) is 0 Å². The normalized spacial score (nSPS) is 15.1. The molecular formula is C25H36N2O4. The van der Waals surface area contributed by atoms with Gasteiger partial charge in [0.2, 0.25) is 0 Å². The van der Waals surface area contributed by atoms with Gasteiger partial charge in [0.05, 0.1) is 17.4 Å². The minimum atomic E-state index is -0.292. The molecule has 0 bridgehead atoms. The average molecular weight is 429 g/mol. The minimum Gasteiger partial charge on any atom is -0.490 e. The lowest BCUT2D eigenvalue weighted by Gasteiger charge is -2.23. The maximum atomic E-state index is 12.5. The van der Waals surface area contributed by atoms with Crippen LogP contribution < -0.4 is 4.74 Å². The smallest absolute Gasteiger partial charge is 0.410 e. The molecule has 1 amide bonds. The fraction of sp³-hybridized carbons (Fsp3) is 0.600. The Morgan fingerprint density at radius 2 is 1.94 bits per heavy atom. The Balaban J connectivity index is 1.63. The van der Waals surface area contributed by atoms with Crippen molar-refractivity contribution in [3.63, 3.8) is 0 Å². The average Bonchev–Trinajstić information content (AvgIpc) is 3.45. The number of aryl methyl sites for hydroxylation is 1. The van der Waals surface area contributed by atoms with Crippen molar-refractivity contribution < 1.29 is 18.8 Å². The van der Waals surface area contributed by atoms with Crippen LogP contribution in [0.1, 0.15) is 76.5 Å². The zero-order chi connectivity index (χ0) is 22.2. The van der Waals surface area contributed by atoms with Crippen molar-refractivity contribution in [2.24, 2.45) is 0 Å². The highest BCUT2D eigenvalue weighted by Gasteiger charge is 2.25. The van der Waals surface area contributed by atoms with Gasteiger partial charge in [0.25, 0.3) is 0 Å². The molecule has 6 heteroatoms. The van der Waals surface area contributed by atoms with Gasteiger partial charge in [0.15, 0.2) is 5.76 Å². The molecule has 1 aromatic heterocycles. The van der Waals surface area contributed by atoms with Crippen LogP contribution in [0.3, 0.4) is 0 Å². The molecule has 1 aliphatic rings. The summed E-state index contributed by atoms with van der Waals surface area (Å²) < 4.78 is 17.3. The third-order valence-electron chi connectivity index (χ3n) is 6.24. The van der Waals surface area contributed by atoms with E-state index in [1.54, 1.807) is 4.90 Å². The zero-order valence-electron chi connectivity index (χ0n) is 19.4. The SMILES string of the molecule is CCCCC(CC)Oc1ccc(-c2onc(C)c2COC(=O)N(C)C2CCCC2)cc1. The molecule has 1 saturated carbocycles. The topological polar surface area (TPSA) is 64.8 Å². The lowest BCUT2D eigenvalue weighted by Crippen LogP contribution is -2.35. The molecule has 6 nitrogen and oxygen atoms in total. The number of aromatic nitrogens is 1. The molecule has 1 aliphatic carbocycles. The highest BCUT2D eigenvalue weighted by molar-refractivity contribution is 5.68. The monoisotopic (exact) mass is 428 g/mol. The second-order valence-electron chi connectivity index (χ2n) is 8.49. The molecule has 2 aromatic rings. The summed E-state index contributed by atoms with van der Waals surface area (Å²) in [7, 11) is 1.82. The fourth-order valence-corrected chi connectivity index (χ4v) is 4.12. The summed E-state index contributed by atoms with van der Waals surface area (Å²) in [6.45, 7) is 6.37. The van der Waals surface area contributed by atoms with E-state index >= 15 is 0 Å². The standard InChI is InChI=1S/C25H36N2O4/c1-5-7-12-21(6-2)30-22-15-13-19(14-16-22)24-23(18(3)26-31-24)17-29-25(28)27(4)20-10-8-9-11-20/h13-16,20-21H,5-12,17H2,1-4H3. The predicted octanol–water partition coefficient (Wildman–Crippen LogP) is 6.51. The van der Waals surface area contributed by atoms with E-state index in [9.17, 15) is 4.79 Å². The largest absolute Gasteiger partial charge is 0.490 e. The maximum Gasteiger partial charge on any atom is 0.410 e. The summed E-state index contributed by atoms with van der Waals surface area (Å²) in [6.07, 6.45) is 8.81. The van der Waals surface area contributed by atoms with Crippen LogP contribution in [0.4, 0.5) is 4.79 Å². The van der Waals surface area contributed by atoms with Gasteiger partial charge in [0, 0.05) is 18.7 Å². The molecule has 170 valence electrons. The Morgan fingerprint density at radius 3 is 2.58 bits per heavy atom. The fourth-order valence-electron chi connectivity index (χ4n) is 4.12. The van der Waals surface area contributed by atoms with Crippen LogP contribution in [0, 0.1) is 6.92 Å². The molecule has 1 heterocycles. The third kappa shape index (κ3) is 6.02. The lowest BCUT2D eigenvalue weighted by atomic mass is 10.1. The highest BCUT2D eigenvalue weighted by Crippen LogP contribution is 2.30. The first-order valence-electron chi connectivity index (χ1n) is 11.6. The van der Waals surface area contributed by atoms with Crippen LogP contribution in [0.2, 0.25) is 0 Å². The van der Waals surface area contributed by atoms with Gasteiger partial charge in [-0.25, -0.2) is 4.79 Å². The first kappa shape index (κ1) is 23.2. The van der Waals surface area contributed by atoms with Crippen molar-refractivity contribution in [3.8, 4) is 17.1 Å². The maximum absolute atomic E-state index is 12.5. The first-order chi connectivity index (χ1) is 15.0. The van der Waals surface area contributed by atoms with Crippen LogP contribution in [-0.2, 0) is 11.3 Å². The van der Waals surface area contributed by atoms with Gasteiger partial charge in [-0.1, -0.05) is 44.7 Å². The molecule has 0 spiro atoms. The molecule has 0 N–H and O–H groups in total. The summed E-state index contributed by atoms with van der Waals surface area (Å²) in [5, 5.41) is 4.10. The number of benzene rings is 1. The summed E-state index contributed by atoms with van der Waals surface area (Å²) in [5.74, 6) is 1.49. The zero-order valence-corrected chi connectivity index (χ0v) is 19.4. The summed E-state index contributed by atoms with van der Waals surface area (Å²) in [6, 6.07) is 8.15. The summed E-state index contributed by atoms with van der Waals surface area (Å²) >= 11 is 0. The van der Waals surface area contributed by atoms with Gasteiger partial charge < -0.3 is 18.9 Å². The van der Waals surface area contributed by atoms with Gasteiger partial charge in [-0.15, -0.1) is 0 Å². The number of rotatable bonds is 10. The van der Waals surface area contributed by atoms with Crippen molar-refractivity contribution in [2.75, 3.05) is 7.05 Å². The van der Waals surface area contributed by atoms with Crippen molar-refractivity contribution in [3.05, 3.63) is 35.5 Å². The van der Waals surface area contributed by atoms with Crippen LogP contribution in [0.25, 0.3) is 11.3 Å². The van der Waals surface area contributed by atoms with Crippen LogP contribution >= 0.6 is 0 Å². The third-order valence-corrected chi connectivity index (χ3v) is 6.24. The van der Waals surface area contributed by atoms with Crippen molar-refractivity contribution >= 4 is 6.09 Å². The number of carbonyl (C=O) groups excluding carboxylic acids is 1. The Bertz CT molecular complexity index is 825. The molecule has 1 fully saturated rings. The van der Waals surface area contributed by atoms with E-state index in [0.717, 1.165) is 48.3 Å². The number of hydrogen-bond acceptors (Lipinski definition) is 5. The predicted molar refractivity (Wildman–Crippen MR) is 121 cm³/mol. The molecule has 31 heavy (non-hydrogen) atoms. The molecule has 1 unspecified atom stereocenters. The molecule has 0 saturated heterocycles. The van der Waals surface area contributed by atoms with Crippen LogP contribution in [0.15, 0.2) is 28.8 Å². The number of ether oxygens (including phenoxy) is 2. The van der Waals surface area contributed by atoms with Gasteiger partial charge in [-0.05, 0) is 56.9 Å². The van der Waals surface area contributed by atoms with Crippen molar-refractivity contribution in [1.82, 2.24) is 10.1 Å². The molecule has 1 atom stereocenters. The number of nitrogens with zero attached hydrogens (tertiary/aromatic N) is 2. The molecule has 1 aromatic carbocycles. The second kappa shape index (κ2) is 11.2. The lowest BCUT2D eigenvalue weighted by molar-refractivity contribution is 0.0917. The Kier molecular flexibility index (Phi) is 8.38. The summed E-state index contributed by atoms with van der Waals surface area (Å²) in [4.78, 5) is 14.2. The number of carbonyl (C=O) groups is 1. The quantitative estimate of drug-likeness (QED) is 0.432. The van der Waals surface area contributed by atoms with Crippen molar-refractivity contribution in [2.45, 2.75) is 90.9 Å². The van der Waals surface area contributed by atoms with Gasteiger partial charge in [0.1, 0.15) is 12.4 Å². The number of unbranched alkanes of at least 4 members (excludes halogenated alkanes) is 1. The van der Waals surface area contributed by atoms with E-state index in [1.807, 2.05) is 38.2 Å². The Hall–Kier alpha value is -2.50. The second-order valence-corrected chi connectivity index (χ2v) is 8.49. The molecular weight excluding hydrogens is 392 g/mol. The van der Waals surface area contributed by atoms with E-state index in [2.05, 4.69) is 19.0 Å². The van der Waals surface area contributed by atoms with Gasteiger partial charge >= 0.3 is 6.09 Å². The van der Waals surface area contributed by atoms with Crippen LogP contribution in [-0.4, -0.2) is 35.3 Å². The number of amides is 1. The first-order valence-corrected chi connectivity index (χ1v) is 11.6. The summed E-state index contributed by atoms with van der Waals surface area (Å²) in [5.41, 5.74) is 2.43.